The molecule has 1 heterocycles. The van der Waals surface area contributed by atoms with Crippen LogP contribution >= 0.6 is 11.6 Å². The van der Waals surface area contributed by atoms with Gasteiger partial charge in [0.05, 0.1) is 6.61 Å². The second kappa shape index (κ2) is 8.63. The van der Waals surface area contributed by atoms with Gasteiger partial charge in [0.15, 0.2) is 0 Å². The molecule has 0 spiro atoms. The van der Waals surface area contributed by atoms with Crippen molar-refractivity contribution in [1.29, 1.82) is 0 Å². The second-order valence-electron chi connectivity index (χ2n) is 5.55. The van der Waals surface area contributed by atoms with Crippen LogP contribution in [0.4, 0.5) is 0 Å². The average Bonchev–Trinajstić information content (AvgIpc) is 2.45. The van der Waals surface area contributed by atoms with Gasteiger partial charge in [-0.15, -0.1) is 0 Å². The average molecular weight is 297 g/mol. The molecule has 0 radical (unpaired) electrons. The quantitative estimate of drug-likeness (QED) is 0.783. The molecule has 0 aliphatic carbocycles. The lowest BCUT2D eigenvalue weighted by Gasteiger charge is -2.32. The summed E-state index contributed by atoms with van der Waals surface area (Å²) in [7, 11) is 1.75. The molecule has 1 aliphatic rings. The van der Waals surface area contributed by atoms with Crippen molar-refractivity contribution >= 4 is 11.6 Å². The standard InChI is InChI=1S/C16H25ClN2O/c1-20-10-7-18-12-14-5-8-19(9-6-14)13-15-3-2-4-16(17)11-15/h2-4,11,14,18H,5-10,12-13H2,1H3. The number of likely N-dealkylation sites (tertiary alicyclic amines) is 1. The molecule has 1 N–H and O–H groups in total. The van der Waals surface area contributed by atoms with Crippen molar-refractivity contribution in [2.75, 3.05) is 39.9 Å². The molecule has 0 atom stereocenters. The zero-order valence-electron chi connectivity index (χ0n) is 12.3. The molecule has 2 rings (SSSR count). The molecule has 0 bridgehead atoms. The predicted octanol–water partition coefficient (Wildman–Crippen LogP) is 2.79. The number of rotatable bonds is 7. The third-order valence-electron chi connectivity index (χ3n) is 3.92. The fraction of sp³-hybridized carbons (Fsp3) is 0.625. The number of hydrogen-bond acceptors (Lipinski definition) is 3. The molecule has 0 aromatic heterocycles. The smallest absolute Gasteiger partial charge is 0.0587 e. The second-order valence-corrected chi connectivity index (χ2v) is 5.98. The lowest BCUT2D eigenvalue weighted by molar-refractivity contribution is 0.168. The minimum atomic E-state index is 0.799. The fourth-order valence-electron chi connectivity index (χ4n) is 2.72. The Bertz CT molecular complexity index is 392. The Morgan fingerprint density at radius 1 is 1.35 bits per heavy atom. The number of ether oxygens (including phenoxy) is 1. The summed E-state index contributed by atoms with van der Waals surface area (Å²) in [6.07, 6.45) is 2.56. The van der Waals surface area contributed by atoms with Gasteiger partial charge in [-0.1, -0.05) is 23.7 Å². The molecular weight excluding hydrogens is 272 g/mol. The number of piperidine rings is 1. The van der Waals surface area contributed by atoms with E-state index >= 15 is 0 Å². The molecule has 0 unspecified atom stereocenters. The Labute approximate surface area is 127 Å². The van der Waals surface area contributed by atoms with Gasteiger partial charge in [0.1, 0.15) is 0 Å². The number of methoxy groups -OCH3 is 1. The summed E-state index contributed by atoms with van der Waals surface area (Å²) >= 11 is 6.03. The summed E-state index contributed by atoms with van der Waals surface area (Å²) in [5.74, 6) is 0.808. The predicted molar refractivity (Wildman–Crippen MR) is 84.2 cm³/mol. The van der Waals surface area contributed by atoms with Crippen LogP contribution in [0.1, 0.15) is 18.4 Å². The van der Waals surface area contributed by atoms with E-state index in [9.17, 15) is 0 Å². The van der Waals surface area contributed by atoms with Crippen LogP contribution < -0.4 is 5.32 Å². The maximum Gasteiger partial charge on any atom is 0.0587 e. The number of nitrogens with one attached hydrogen (secondary N) is 1. The van der Waals surface area contributed by atoms with E-state index in [4.69, 9.17) is 16.3 Å². The van der Waals surface area contributed by atoms with Crippen molar-refractivity contribution in [1.82, 2.24) is 10.2 Å². The highest BCUT2D eigenvalue weighted by atomic mass is 35.5. The van der Waals surface area contributed by atoms with E-state index in [2.05, 4.69) is 22.3 Å². The van der Waals surface area contributed by atoms with Crippen LogP contribution in [0.15, 0.2) is 24.3 Å². The van der Waals surface area contributed by atoms with Gasteiger partial charge in [-0.25, -0.2) is 0 Å². The number of nitrogens with zero attached hydrogens (tertiary/aromatic N) is 1. The van der Waals surface area contributed by atoms with Gasteiger partial charge in [-0.3, -0.25) is 4.90 Å². The van der Waals surface area contributed by atoms with Crippen LogP contribution in [0.3, 0.4) is 0 Å². The topological polar surface area (TPSA) is 24.5 Å². The van der Waals surface area contributed by atoms with Crippen LogP contribution in [0, 0.1) is 5.92 Å². The summed E-state index contributed by atoms with van der Waals surface area (Å²) in [4.78, 5) is 2.53. The molecule has 3 nitrogen and oxygen atoms in total. The molecule has 112 valence electrons. The van der Waals surface area contributed by atoms with E-state index in [1.807, 2.05) is 12.1 Å². The van der Waals surface area contributed by atoms with Crippen LogP contribution in [-0.4, -0.2) is 44.8 Å². The third kappa shape index (κ3) is 5.41. The summed E-state index contributed by atoms with van der Waals surface area (Å²) < 4.78 is 5.04. The molecule has 20 heavy (non-hydrogen) atoms. The zero-order valence-corrected chi connectivity index (χ0v) is 13.0. The first-order chi connectivity index (χ1) is 9.78. The summed E-state index contributed by atoms with van der Waals surface area (Å²) in [6.45, 7) is 6.26. The van der Waals surface area contributed by atoms with E-state index in [1.54, 1.807) is 7.11 Å². The van der Waals surface area contributed by atoms with Crippen molar-refractivity contribution in [2.24, 2.45) is 5.92 Å². The molecule has 1 fully saturated rings. The van der Waals surface area contributed by atoms with Crippen molar-refractivity contribution in [3.8, 4) is 0 Å². The Hall–Kier alpha value is -0.610. The van der Waals surface area contributed by atoms with E-state index in [-0.39, 0.29) is 0 Å². The van der Waals surface area contributed by atoms with Crippen LogP contribution in [0.5, 0.6) is 0 Å². The third-order valence-corrected chi connectivity index (χ3v) is 4.15. The van der Waals surface area contributed by atoms with E-state index < -0.39 is 0 Å². The van der Waals surface area contributed by atoms with Gasteiger partial charge in [0.2, 0.25) is 0 Å². The molecule has 0 saturated carbocycles. The van der Waals surface area contributed by atoms with Gasteiger partial charge < -0.3 is 10.1 Å². The summed E-state index contributed by atoms with van der Waals surface area (Å²) in [5.41, 5.74) is 1.31. The van der Waals surface area contributed by atoms with E-state index in [0.29, 0.717) is 0 Å². The molecule has 1 aromatic rings. The number of hydrogen-bond donors (Lipinski definition) is 1. The SMILES string of the molecule is COCCNCC1CCN(Cc2cccc(Cl)c2)CC1. The van der Waals surface area contributed by atoms with Crippen LogP contribution in [0.2, 0.25) is 5.02 Å². The Balaban J connectivity index is 1.66. The summed E-state index contributed by atoms with van der Waals surface area (Å²) in [6, 6.07) is 8.19. The first-order valence-corrected chi connectivity index (χ1v) is 7.82. The van der Waals surface area contributed by atoms with Crippen molar-refractivity contribution in [3.05, 3.63) is 34.9 Å². The summed E-state index contributed by atoms with van der Waals surface area (Å²) in [5, 5.41) is 4.30. The van der Waals surface area contributed by atoms with Crippen molar-refractivity contribution < 1.29 is 4.74 Å². The minimum Gasteiger partial charge on any atom is -0.383 e. The molecular formula is C16H25ClN2O. The monoisotopic (exact) mass is 296 g/mol. The van der Waals surface area contributed by atoms with Crippen LogP contribution in [-0.2, 0) is 11.3 Å². The van der Waals surface area contributed by atoms with E-state index in [0.717, 1.165) is 37.2 Å². The molecule has 1 aromatic carbocycles. The van der Waals surface area contributed by atoms with Gasteiger partial charge >= 0.3 is 0 Å². The molecule has 4 heteroatoms. The first-order valence-electron chi connectivity index (χ1n) is 7.44. The first kappa shape index (κ1) is 15.8. The number of halogens is 1. The lowest BCUT2D eigenvalue weighted by Crippen LogP contribution is -2.37. The zero-order chi connectivity index (χ0) is 14.2. The highest BCUT2D eigenvalue weighted by Crippen LogP contribution is 2.19. The van der Waals surface area contributed by atoms with Gasteiger partial charge in [-0.2, -0.15) is 0 Å². The highest BCUT2D eigenvalue weighted by molar-refractivity contribution is 6.30. The Morgan fingerprint density at radius 3 is 2.85 bits per heavy atom. The Morgan fingerprint density at radius 2 is 2.15 bits per heavy atom. The maximum atomic E-state index is 6.03. The lowest BCUT2D eigenvalue weighted by atomic mass is 9.96. The van der Waals surface area contributed by atoms with E-state index in [1.165, 1.54) is 31.5 Å². The normalized spacial score (nSPS) is 17.5. The molecule has 0 amide bonds. The van der Waals surface area contributed by atoms with Gasteiger partial charge in [0.25, 0.3) is 0 Å². The Kier molecular flexibility index (Phi) is 6.80. The van der Waals surface area contributed by atoms with Crippen LogP contribution in [0.25, 0.3) is 0 Å². The molecule has 1 saturated heterocycles. The molecule has 1 aliphatic heterocycles. The number of benzene rings is 1. The van der Waals surface area contributed by atoms with Gasteiger partial charge in [-0.05, 0) is 56.1 Å². The van der Waals surface area contributed by atoms with Gasteiger partial charge in [0, 0.05) is 25.2 Å². The van der Waals surface area contributed by atoms with Crippen molar-refractivity contribution in [2.45, 2.75) is 19.4 Å². The largest absolute Gasteiger partial charge is 0.383 e. The minimum absolute atomic E-state index is 0.799. The maximum absolute atomic E-state index is 6.03. The van der Waals surface area contributed by atoms with Crippen molar-refractivity contribution in [3.63, 3.8) is 0 Å². The fourth-order valence-corrected chi connectivity index (χ4v) is 2.94. The highest BCUT2D eigenvalue weighted by Gasteiger charge is 2.18.